The zero-order chi connectivity index (χ0) is 13.1. The zero-order valence-electron chi connectivity index (χ0n) is 11.0. The Morgan fingerprint density at radius 1 is 0.737 bits per heavy atom. The molecule has 0 amide bonds. The van der Waals surface area contributed by atoms with Crippen LogP contribution >= 0.6 is 0 Å². The van der Waals surface area contributed by atoms with Gasteiger partial charge in [0.25, 0.3) is 0 Å². The molecule has 2 heteroatoms. The molecule has 2 nitrogen and oxygen atoms in total. The van der Waals surface area contributed by atoms with Gasteiger partial charge < -0.3 is 11.1 Å². The molecule has 98 valence electrons. The van der Waals surface area contributed by atoms with Gasteiger partial charge in [-0.25, -0.2) is 0 Å². The molecule has 0 unspecified atom stereocenters. The largest absolute Gasteiger partial charge is 0.328 e. The molecule has 2 atom stereocenters. The molecule has 0 radical (unpaired) electrons. The van der Waals surface area contributed by atoms with Crippen LogP contribution in [-0.4, -0.2) is 6.04 Å². The number of hydrogen-bond acceptors (Lipinski definition) is 2. The minimum Gasteiger partial charge on any atom is -0.328 e. The van der Waals surface area contributed by atoms with Crippen LogP contribution in [0.4, 0.5) is 0 Å². The summed E-state index contributed by atoms with van der Waals surface area (Å²) in [7, 11) is 0. The van der Waals surface area contributed by atoms with Crippen molar-refractivity contribution >= 4 is 0 Å². The van der Waals surface area contributed by atoms with E-state index < -0.39 is 0 Å². The lowest BCUT2D eigenvalue weighted by atomic mass is 9.87. The van der Waals surface area contributed by atoms with Gasteiger partial charge in [-0.1, -0.05) is 60.7 Å². The third-order valence-corrected chi connectivity index (χ3v) is 3.88. The van der Waals surface area contributed by atoms with Gasteiger partial charge in [0, 0.05) is 18.1 Å². The predicted molar refractivity (Wildman–Crippen MR) is 78.7 cm³/mol. The molecule has 0 aliphatic carbocycles. The normalized spacial score (nSPS) is 27.1. The van der Waals surface area contributed by atoms with Gasteiger partial charge in [-0.3, -0.25) is 0 Å². The maximum Gasteiger partial charge on any atom is 0.0340 e. The molecule has 2 aromatic rings. The molecular weight excluding hydrogens is 232 g/mol. The van der Waals surface area contributed by atoms with Gasteiger partial charge in [-0.2, -0.15) is 0 Å². The molecule has 3 rings (SSSR count). The van der Waals surface area contributed by atoms with Gasteiger partial charge in [0.1, 0.15) is 0 Å². The maximum atomic E-state index is 6.25. The Balaban J connectivity index is 1.82. The first-order valence-electron chi connectivity index (χ1n) is 6.94. The Morgan fingerprint density at radius 3 is 1.58 bits per heavy atom. The lowest BCUT2D eigenvalue weighted by molar-refractivity contribution is 0.297. The second-order valence-corrected chi connectivity index (χ2v) is 5.32. The molecule has 1 aliphatic heterocycles. The smallest absolute Gasteiger partial charge is 0.0340 e. The summed E-state index contributed by atoms with van der Waals surface area (Å²) >= 11 is 0. The van der Waals surface area contributed by atoms with Crippen LogP contribution in [0.3, 0.4) is 0 Å². The predicted octanol–water partition coefficient (Wildman–Crippen LogP) is 3.18. The van der Waals surface area contributed by atoms with Gasteiger partial charge in [0.05, 0.1) is 0 Å². The standard InChI is InChI=1S/C17H20N2/c18-15-11-16(13-7-3-1-4-8-13)19-17(12-15)14-9-5-2-6-10-14/h1-10,15-17,19H,11-12,18H2/t16-,17-/m0/s1. The van der Waals surface area contributed by atoms with Gasteiger partial charge in [0.2, 0.25) is 0 Å². The summed E-state index contributed by atoms with van der Waals surface area (Å²) in [6.45, 7) is 0. The van der Waals surface area contributed by atoms with E-state index >= 15 is 0 Å². The monoisotopic (exact) mass is 252 g/mol. The van der Waals surface area contributed by atoms with E-state index in [1.165, 1.54) is 11.1 Å². The van der Waals surface area contributed by atoms with Gasteiger partial charge in [-0.05, 0) is 24.0 Å². The summed E-state index contributed by atoms with van der Waals surface area (Å²) in [5.74, 6) is 0. The van der Waals surface area contributed by atoms with E-state index in [2.05, 4.69) is 66.0 Å². The van der Waals surface area contributed by atoms with Crippen molar-refractivity contribution in [2.45, 2.75) is 31.0 Å². The SMILES string of the molecule is NC1C[C@@H](c2ccccc2)N[C@H](c2ccccc2)C1. The Hall–Kier alpha value is -1.64. The molecule has 0 saturated carbocycles. The number of nitrogens with two attached hydrogens (primary N) is 1. The minimum absolute atomic E-state index is 0.261. The van der Waals surface area contributed by atoms with E-state index in [1.807, 2.05) is 0 Å². The van der Waals surface area contributed by atoms with Gasteiger partial charge in [0.15, 0.2) is 0 Å². The molecule has 1 saturated heterocycles. The summed E-state index contributed by atoms with van der Waals surface area (Å²) in [5, 5.41) is 3.74. The van der Waals surface area contributed by atoms with Crippen LogP contribution < -0.4 is 11.1 Å². The first-order valence-corrected chi connectivity index (χ1v) is 6.94. The Kier molecular flexibility index (Phi) is 3.62. The third-order valence-electron chi connectivity index (χ3n) is 3.88. The van der Waals surface area contributed by atoms with Crippen LogP contribution in [-0.2, 0) is 0 Å². The van der Waals surface area contributed by atoms with E-state index in [-0.39, 0.29) is 6.04 Å². The fourth-order valence-corrected chi connectivity index (χ4v) is 2.92. The number of rotatable bonds is 2. The highest BCUT2D eigenvalue weighted by atomic mass is 15.0. The Labute approximate surface area is 114 Å². The lowest BCUT2D eigenvalue weighted by Crippen LogP contribution is -2.41. The van der Waals surface area contributed by atoms with E-state index in [4.69, 9.17) is 5.73 Å². The third kappa shape index (κ3) is 2.86. The number of benzene rings is 2. The van der Waals surface area contributed by atoms with Crippen molar-refractivity contribution in [3.8, 4) is 0 Å². The minimum atomic E-state index is 0.261. The van der Waals surface area contributed by atoms with Crippen LogP contribution in [0.5, 0.6) is 0 Å². The Morgan fingerprint density at radius 2 is 1.16 bits per heavy atom. The molecule has 0 spiro atoms. The molecular formula is C17H20N2. The van der Waals surface area contributed by atoms with Crippen molar-refractivity contribution < 1.29 is 0 Å². The topological polar surface area (TPSA) is 38.0 Å². The van der Waals surface area contributed by atoms with E-state index in [1.54, 1.807) is 0 Å². The number of hydrogen-bond donors (Lipinski definition) is 2. The van der Waals surface area contributed by atoms with Crippen molar-refractivity contribution in [3.05, 3.63) is 71.8 Å². The first kappa shape index (κ1) is 12.4. The molecule has 1 fully saturated rings. The van der Waals surface area contributed by atoms with Crippen molar-refractivity contribution in [1.29, 1.82) is 0 Å². The molecule has 1 aliphatic rings. The summed E-state index contributed by atoms with van der Waals surface area (Å²) < 4.78 is 0. The summed E-state index contributed by atoms with van der Waals surface area (Å²) in [6.07, 6.45) is 2.01. The molecule has 2 aromatic carbocycles. The van der Waals surface area contributed by atoms with Gasteiger partial charge in [-0.15, -0.1) is 0 Å². The highest BCUT2D eigenvalue weighted by molar-refractivity contribution is 5.24. The number of nitrogens with one attached hydrogen (secondary N) is 1. The summed E-state index contributed by atoms with van der Waals surface area (Å²) in [5.41, 5.74) is 8.91. The fourth-order valence-electron chi connectivity index (χ4n) is 2.92. The molecule has 19 heavy (non-hydrogen) atoms. The zero-order valence-corrected chi connectivity index (χ0v) is 11.0. The quantitative estimate of drug-likeness (QED) is 0.861. The highest BCUT2D eigenvalue weighted by Gasteiger charge is 2.27. The van der Waals surface area contributed by atoms with Crippen LogP contribution in [0.2, 0.25) is 0 Å². The first-order chi connectivity index (χ1) is 9.33. The van der Waals surface area contributed by atoms with Crippen LogP contribution in [0, 0.1) is 0 Å². The molecule has 0 bridgehead atoms. The molecule has 0 aromatic heterocycles. The summed E-state index contributed by atoms with van der Waals surface area (Å²) in [6, 6.07) is 22.2. The molecule has 3 N–H and O–H groups in total. The van der Waals surface area contributed by atoms with E-state index in [9.17, 15) is 0 Å². The molecule has 1 heterocycles. The van der Waals surface area contributed by atoms with Crippen molar-refractivity contribution in [1.82, 2.24) is 5.32 Å². The average molecular weight is 252 g/mol. The van der Waals surface area contributed by atoms with Crippen LogP contribution in [0.25, 0.3) is 0 Å². The van der Waals surface area contributed by atoms with E-state index in [0.717, 1.165) is 12.8 Å². The van der Waals surface area contributed by atoms with Crippen molar-refractivity contribution in [2.24, 2.45) is 5.73 Å². The highest BCUT2D eigenvalue weighted by Crippen LogP contribution is 2.31. The second kappa shape index (κ2) is 5.55. The number of piperidine rings is 1. The van der Waals surface area contributed by atoms with E-state index in [0.29, 0.717) is 12.1 Å². The Bertz CT molecular complexity index is 462. The van der Waals surface area contributed by atoms with Crippen LogP contribution in [0.15, 0.2) is 60.7 Å². The van der Waals surface area contributed by atoms with Gasteiger partial charge >= 0.3 is 0 Å². The van der Waals surface area contributed by atoms with Crippen LogP contribution in [0.1, 0.15) is 36.1 Å². The van der Waals surface area contributed by atoms with Crippen molar-refractivity contribution in [2.75, 3.05) is 0 Å². The lowest BCUT2D eigenvalue weighted by Gasteiger charge is -2.35. The maximum absolute atomic E-state index is 6.25. The fraction of sp³-hybridized carbons (Fsp3) is 0.294. The second-order valence-electron chi connectivity index (χ2n) is 5.32. The average Bonchev–Trinajstić information content (AvgIpc) is 2.48. The van der Waals surface area contributed by atoms with Crippen molar-refractivity contribution in [3.63, 3.8) is 0 Å². The summed E-state index contributed by atoms with van der Waals surface area (Å²) in [4.78, 5) is 0.